The van der Waals surface area contributed by atoms with Gasteiger partial charge in [-0.1, -0.05) is 42.5 Å². The molecule has 0 aliphatic carbocycles. The van der Waals surface area contributed by atoms with E-state index >= 15 is 0 Å². The molecule has 0 spiro atoms. The number of para-hydroxylation sites is 1. The van der Waals surface area contributed by atoms with E-state index in [0.717, 1.165) is 29.8 Å². The van der Waals surface area contributed by atoms with Gasteiger partial charge >= 0.3 is 0 Å². The van der Waals surface area contributed by atoms with Crippen LogP contribution in [-0.2, 0) is 0 Å². The third-order valence-electron chi connectivity index (χ3n) is 4.88. The van der Waals surface area contributed by atoms with Crippen LogP contribution in [0.3, 0.4) is 0 Å². The van der Waals surface area contributed by atoms with Gasteiger partial charge in [0.25, 0.3) is 0 Å². The number of aromatic nitrogens is 2. The summed E-state index contributed by atoms with van der Waals surface area (Å²) in [6, 6.07) is 18.9. The van der Waals surface area contributed by atoms with Crippen molar-refractivity contribution in [2.24, 2.45) is 0 Å². The first kappa shape index (κ1) is 15.9. The lowest BCUT2D eigenvalue weighted by Gasteiger charge is -2.29. The molecule has 0 amide bonds. The summed E-state index contributed by atoms with van der Waals surface area (Å²) in [4.78, 5) is 12.0. The molecule has 1 N–H and O–H groups in total. The Morgan fingerprint density at radius 1 is 0.880 bits per heavy atom. The second-order valence-corrected chi connectivity index (χ2v) is 6.71. The van der Waals surface area contributed by atoms with Crippen molar-refractivity contribution in [2.45, 2.75) is 32.2 Å². The van der Waals surface area contributed by atoms with Crippen LogP contribution >= 0.6 is 0 Å². The first-order valence-electron chi connectivity index (χ1n) is 9.14. The molecule has 1 aromatic heterocycles. The number of rotatable bonds is 4. The highest BCUT2D eigenvalue weighted by Crippen LogP contribution is 2.28. The summed E-state index contributed by atoms with van der Waals surface area (Å²) in [6.07, 6.45) is 3.79. The standard InChI is InChI=1S/C21H24N4/c1-16(17-10-4-2-5-11-17)22-21-23-19-13-7-6-12-18(19)20(24-21)25-14-8-3-9-15-25/h2,4-7,10-13,16H,3,8-9,14-15H2,1H3,(H,22,23,24). The summed E-state index contributed by atoms with van der Waals surface area (Å²) in [5.41, 5.74) is 2.24. The Labute approximate surface area is 148 Å². The van der Waals surface area contributed by atoms with Crippen LogP contribution in [0, 0.1) is 0 Å². The number of nitrogens with zero attached hydrogens (tertiary/aromatic N) is 3. The van der Waals surface area contributed by atoms with Gasteiger partial charge in [0, 0.05) is 18.5 Å². The van der Waals surface area contributed by atoms with Gasteiger partial charge in [-0.2, -0.15) is 4.98 Å². The van der Waals surface area contributed by atoms with Crippen molar-refractivity contribution in [1.29, 1.82) is 0 Å². The maximum absolute atomic E-state index is 4.89. The number of hydrogen-bond donors (Lipinski definition) is 1. The number of fused-ring (bicyclic) bond motifs is 1. The fourth-order valence-electron chi connectivity index (χ4n) is 3.49. The molecule has 0 saturated carbocycles. The monoisotopic (exact) mass is 332 g/mol. The van der Waals surface area contributed by atoms with E-state index in [1.54, 1.807) is 0 Å². The summed E-state index contributed by atoms with van der Waals surface area (Å²) in [7, 11) is 0. The van der Waals surface area contributed by atoms with Crippen LogP contribution in [0.5, 0.6) is 0 Å². The van der Waals surface area contributed by atoms with Crippen LogP contribution in [0.25, 0.3) is 10.9 Å². The third-order valence-corrected chi connectivity index (χ3v) is 4.88. The largest absolute Gasteiger partial charge is 0.356 e. The van der Waals surface area contributed by atoms with Crippen molar-refractivity contribution in [3.8, 4) is 0 Å². The lowest BCUT2D eigenvalue weighted by Crippen LogP contribution is -2.30. The Kier molecular flexibility index (Phi) is 4.51. The van der Waals surface area contributed by atoms with Crippen molar-refractivity contribution in [2.75, 3.05) is 23.3 Å². The van der Waals surface area contributed by atoms with Gasteiger partial charge in [0.2, 0.25) is 5.95 Å². The van der Waals surface area contributed by atoms with Crippen molar-refractivity contribution < 1.29 is 0 Å². The van der Waals surface area contributed by atoms with Crippen LogP contribution in [0.1, 0.15) is 37.8 Å². The Bertz CT molecular complexity index is 841. The Morgan fingerprint density at radius 2 is 1.60 bits per heavy atom. The van der Waals surface area contributed by atoms with Gasteiger partial charge in [0.05, 0.1) is 11.6 Å². The Hall–Kier alpha value is -2.62. The van der Waals surface area contributed by atoms with E-state index in [1.807, 2.05) is 12.1 Å². The summed E-state index contributed by atoms with van der Waals surface area (Å²) in [5, 5.41) is 4.62. The molecule has 1 aliphatic heterocycles. The smallest absolute Gasteiger partial charge is 0.225 e. The van der Waals surface area contributed by atoms with E-state index in [-0.39, 0.29) is 6.04 Å². The molecule has 1 atom stereocenters. The van der Waals surface area contributed by atoms with Gasteiger partial charge in [0.15, 0.2) is 0 Å². The average molecular weight is 332 g/mol. The number of nitrogens with one attached hydrogen (secondary N) is 1. The summed E-state index contributed by atoms with van der Waals surface area (Å²) in [5.74, 6) is 1.77. The van der Waals surface area contributed by atoms with Crippen molar-refractivity contribution in [1.82, 2.24) is 9.97 Å². The van der Waals surface area contributed by atoms with E-state index < -0.39 is 0 Å². The summed E-state index contributed by atoms with van der Waals surface area (Å²) in [6.45, 7) is 4.30. The SMILES string of the molecule is CC(Nc1nc(N2CCCCC2)c2ccccc2n1)c1ccccc1. The first-order valence-corrected chi connectivity index (χ1v) is 9.14. The summed E-state index contributed by atoms with van der Waals surface area (Å²) < 4.78 is 0. The predicted octanol–water partition coefficient (Wildman–Crippen LogP) is 4.79. The molecular formula is C21H24N4. The normalized spacial score (nSPS) is 16.0. The minimum absolute atomic E-state index is 0.163. The molecule has 25 heavy (non-hydrogen) atoms. The molecule has 4 rings (SSSR count). The van der Waals surface area contributed by atoms with Gasteiger partial charge in [-0.05, 0) is 43.9 Å². The Balaban J connectivity index is 1.69. The van der Waals surface area contributed by atoms with E-state index in [2.05, 4.69) is 59.6 Å². The molecule has 1 saturated heterocycles. The lowest BCUT2D eigenvalue weighted by molar-refractivity contribution is 0.574. The topological polar surface area (TPSA) is 41.1 Å². The lowest BCUT2D eigenvalue weighted by atomic mass is 10.1. The first-order chi connectivity index (χ1) is 12.3. The molecule has 0 radical (unpaired) electrons. The van der Waals surface area contributed by atoms with Crippen molar-refractivity contribution in [3.05, 3.63) is 60.2 Å². The highest BCUT2D eigenvalue weighted by atomic mass is 15.2. The second kappa shape index (κ2) is 7.09. The fraction of sp³-hybridized carbons (Fsp3) is 0.333. The van der Waals surface area contributed by atoms with Gasteiger partial charge < -0.3 is 10.2 Å². The van der Waals surface area contributed by atoms with E-state index in [0.29, 0.717) is 5.95 Å². The van der Waals surface area contributed by atoms with Crippen molar-refractivity contribution in [3.63, 3.8) is 0 Å². The molecule has 1 unspecified atom stereocenters. The molecule has 4 heteroatoms. The quantitative estimate of drug-likeness (QED) is 0.745. The summed E-state index contributed by atoms with van der Waals surface area (Å²) >= 11 is 0. The van der Waals surface area contributed by atoms with Gasteiger partial charge in [-0.15, -0.1) is 0 Å². The molecule has 128 valence electrons. The number of benzene rings is 2. The van der Waals surface area contributed by atoms with Crippen LogP contribution in [0.2, 0.25) is 0 Å². The number of hydrogen-bond acceptors (Lipinski definition) is 4. The molecule has 4 nitrogen and oxygen atoms in total. The minimum Gasteiger partial charge on any atom is -0.356 e. The average Bonchev–Trinajstić information content (AvgIpc) is 2.68. The van der Waals surface area contributed by atoms with Crippen LogP contribution in [-0.4, -0.2) is 23.1 Å². The fourth-order valence-corrected chi connectivity index (χ4v) is 3.49. The molecule has 1 aliphatic rings. The van der Waals surface area contributed by atoms with E-state index in [1.165, 1.54) is 24.8 Å². The van der Waals surface area contributed by atoms with Crippen LogP contribution < -0.4 is 10.2 Å². The van der Waals surface area contributed by atoms with E-state index in [9.17, 15) is 0 Å². The van der Waals surface area contributed by atoms with Crippen LogP contribution in [0.15, 0.2) is 54.6 Å². The van der Waals surface area contributed by atoms with E-state index in [4.69, 9.17) is 9.97 Å². The zero-order valence-electron chi connectivity index (χ0n) is 14.7. The number of piperidine rings is 1. The van der Waals surface area contributed by atoms with Crippen molar-refractivity contribution >= 4 is 22.7 Å². The predicted molar refractivity (Wildman–Crippen MR) is 104 cm³/mol. The number of anilines is 2. The second-order valence-electron chi connectivity index (χ2n) is 6.71. The molecule has 0 bridgehead atoms. The Morgan fingerprint density at radius 3 is 2.40 bits per heavy atom. The minimum atomic E-state index is 0.163. The third kappa shape index (κ3) is 3.43. The molecule has 2 aromatic carbocycles. The van der Waals surface area contributed by atoms with Crippen LogP contribution in [0.4, 0.5) is 11.8 Å². The molecular weight excluding hydrogens is 308 g/mol. The zero-order valence-corrected chi connectivity index (χ0v) is 14.7. The maximum Gasteiger partial charge on any atom is 0.225 e. The molecule has 1 fully saturated rings. The van der Waals surface area contributed by atoms with Gasteiger partial charge in [0.1, 0.15) is 5.82 Å². The highest BCUT2D eigenvalue weighted by Gasteiger charge is 2.17. The highest BCUT2D eigenvalue weighted by molar-refractivity contribution is 5.90. The zero-order chi connectivity index (χ0) is 17.1. The molecule has 2 heterocycles. The molecule has 3 aromatic rings. The van der Waals surface area contributed by atoms with Gasteiger partial charge in [-0.25, -0.2) is 4.98 Å². The maximum atomic E-state index is 4.89. The van der Waals surface area contributed by atoms with Gasteiger partial charge in [-0.3, -0.25) is 0 Å².